The van der Waals surface area contributed by atoms with Crippen molar-refractivity contribution in [3.63, 3.8) is 0 Å². The number of hydrogen-bond acceptors (Lipinski definition) is 9. The molecule has 1 aromatic carbocycles. The Bertz CT molecular complexity index is 1330. The van der Waals surface area contributed by atoms with Crippen LogP contribution in [0, 0.1) is 16.7 Å². The van der Waals surface area contributed by atoms with Gasteiger partial charge in [-0.15, -0.1) is 21.5 Å². The molecule has 1 aliphatic rings. The first-order chi connectivity index (χ1) is 15.6. The molecule has 4 aromatic rings. The van der Waals surface area contributed by atoms with Crippen molar-refractivity contribution in [2.45, 2.75) is 32.1 Å². The summed E-state index contributed by atoms with van der Waals surface area (Å²) in [7, 11) is 1.61. The van der Waals surface area contributed by atoms with E-state index in [1.54, 1.807) is 24.6 Å². The summed E-state index contributed by atoms with van der Waals surface area (Å²) in [4.78, 5) is 21.3. The van der Waals surface area contributed by atoms with E-state index in [2.05, 4.69) is 32.3 Å². The number of carbonyl (C=O) groups excluding carboxylic acids is 1. The summed E-state index contributed by atoms with van der Waals surface area (Å²) in [5.41, 5.74) is 2.29. The lowest BCUT2D eigenvalue weighted by molar-refractivity contribution is -0.119. The van der Waals surface area contributed by atoms with E-state index in [1.807, 2.05) is 24.3 Å². The molecule has 3 aromatic heterocycles. The Morgan fingerprint density at radius 3 is 2.81 bits per heavy atom. The number of benzene rings is 1. The van der Waals surface area contributed by atoms with E-state index in [4.69, 9.17) is 14.4 Å². The molecule has 32 heavy (non-hydrogen) atoms. The van der Waals surface area contributed by atoms with Gasteiger partial charge in [-0.2, -0.15) is 5.26 Å². The van der Waals surface area contributed by atoms with Gasteiger partial charge in [0, 0.05) is 12.0 Å². The lowest BCUT2D eigenvalue weighted by atomic mass is 10.00. The molecule has 0 radical (unpaired) electrons. The van der Waals surface area contributed by atoms with Crippen molar-refractivity contribution in [3.8, 4) is 23.1 Å². The van der Waals surface area contributed by atoms with E-state index in [0.717, 1.165) is 39.3 Å². The number of rotatable bonds is 8. The van der Waals surface area contributed by atoms with Crippen molar-refractivity contribution < 1.29 is 13.9 Å². The zero-order chi connectivity index (χ0) is 22.1. The van der Waals surface area contributed by atoms with E-state index in [9.17, 15) is 4.79 Å². The number of ketones is 1. The zero-order valence-corrected chi connectivity index (χ0v) is 18.2. The molecule has 160 valence electrons. The summed E-state index contributed by atoms with van der Waals surface area (Å²) >= 11 is 1.56. The largest absolute Gasteiger partial charge is 0.495 e. The number of aromatic nitrogens is 4. The number of nitriles is 1. The molecule has 0 atom stereocenters. The monoisotopic (exact) mass is 445 g/mol. The number of methoxy groups -OCH3 is 1. The van der Waals surface area contributed by atoms with Crippen LogP contribution in [0.2, 0.25) is 0 Å². The van der Waals surface area contributed by atoms with Crippen LogP contribution in [0.3, 0.4) is 0 Å². The van der Waals surface area contributed by atoms with Gasteiger partial charge in [-0.3, -0.25) is 9.78 Å². The van der Waals surface area contributed by atoms with Crippen LogP contribution >= 0.6 is 11.3 Å². The van der Waals surface area contributed by atoms with Gasteiger partial charge in [-0.25, -0.2) is 4.98 Å². The van der Waals surface area contributed by atoms with Crippen LogP contribution in [0.25, 0.3) is 21.5 Å². The number of pyridine rings is 1. The lowest BCUT2D eigenvalue weighted by Gasteiger charge is -2.02. The van der Waals surface area contributed by atoms with E-state index < -0.39 is 5.41 Å². The third-order valence-corrected chi connectivity index (χ3v) is 6.50. The minimum Gasteiger partial charge on any atom is -0.495 e. The molecule has 0 saturated heterocycles. The van der Waals surface area contributed by atoms with Crippen LogP contribution in [0.5, 0.6) is 5.75 Å². The molecule has 8 nitrogen and oxygen atoms in total. The summed E-state index contributed by atoms with van der Waals surface area (Å²) in [6.07, 6.45) is 3.99. The molecule has 0 N–H and O–H groups in total. The molecular weight excluding hydrogens is 426 g/mol. The number of Topliss-reactive ketones (excluding diaryl/α,β-unsaturated/α-hetero) is 1. The quantitative estimate of drug-likeness (QED) is 0.397. The molecule has 1 fully saturated rings. The molecule has 9 heteroatoms. The Morgan fingerprint density at radius 2 is 2.09 bits per heavy atom. The maximum Gasteiger partial charge on any atom is 0.223 e. The first-order valence-electron chi connectivity index (χ1n) is 10.2. The average molecular weight is 446 g/mol. The molecule has 0 bridgehead atoms. The summed E-state index contributed by atoms with van der Waals surface area (Å²) in [5, 5.41) is 18.0. The van der Waals surface area contributed by atoms with Crippen LogP contribution in [0.1, 0.15) is 36.1 Å². The smallest absolute Gasteiger partial charge is 0.223 e. The number of ether oxygens (including phenoxy) is 1. The Morgan fingerprint density at radius 1 is 1.25 bits per heavy atom. The van der Waals surface area contributed by atoms with Crippen molar-refractivity contribution in [1.29, 1.82) is 5.26 Å². The summed E-state index contributed by atoms with van der Waals surface area (Å²) in [5.74, 6) is 1.38. The summed E-state index contributed by atoms with van der Waals surface area (Å²) in [6, 6.07) is 12.1. The highest BCUT2D eigenvalue weighted by molar-refractivity contribution is 7.18. The predicted molar refractivity (Wildman–Crippen MR) is 117 cm³/mol. The standard InChI is InChI=1S/C23H19N5O3S/c1-30-16-3-5-17(25-12-16)14-2-4-18-19(8-14)32-22(26-18)10-21-28-27-20(31-21)9-15(29)11-23(13-24)6-7-23/h2-5,8,12H,6-7,9-11H2,1H3. The van der Waals surface area contributed by atoms with Gasteiger partial charge in [0.2, 0.25) is 11.8 Å². The molecule has 0 aliphatic heterocycles. The van der Waals surface area contributed by atoms with Gasteiger partial charge in [0.15, 0.2) is 0 Å². The molecule has 3 heterocycles. The fraction of sp³-hybridized carbons (Fsp3) is 0.304. The Kier molecular flexibility index (Phi) is 5.15. The summed E-state index contributed by atoms with van der Waals surface area (Å²) < 4.78 is 11.9. The van der Waals surface area contributed by atoms with Crippen LogP contribution in [-0.2, 0) is 17.6 Å². The number of carbonyl (C=O) groups is 1. The maximum atomic E-state index is 12.2. The lowest BCUT2D eigenvalue weighted by Crippen LogP contribution is -2.10. The zero-order valence-electron chi connectivity index (χ0n) is 17.4. The van der Waals surface area contributed by atoms with E-state index in [1.165, 1.54) is 0 Å². The van der Waals surface area contributed by atoms with E-state index in [-0.39, 0.29) is 24.5 Å². The van der Waals surface area contributed by atoms with Crippen molar-refractivity contribution >= 4 is 27.3 Å². The SMILES string of the molecule is COc1ccc(-c2ccc3nc(Cc4nnc(CC(=O)CC5(C#N)CC5)o4)sc3c2)nc1. The second-order valence-corrected chi connectivity index (χ2v) is 9.04. The normalized spacial score (nSPS) is 14.2. The van der Waals surface area contributed by atoms with Gasteiger partial charge in [-0.05, 0) is 37.1 Å². The topological polar surface area (TPSA) is 115 Å². The van der Waals surface area contributed by atoms with Gasteiger partial charge in [0.25, 0.3) is 0 Å². The maximum absolute atomic E-state index is 12.2. The molecule has 0 spiro atoms. The third-order valence-electron chi connectivity index (χ3n) is 5.49. The third kappa shape index (κ3) is 4.22. The van der Waals surface area contributed by atoms with Crippen LogP contribution in [0.4, 0.5) is 0 Å². The van der Waals surface area contributed by atoms with Crippen LogP contribution in [-0.4, -0.2) is 33.1 Å². The molecule has 1 aliphatic carbocycles. The molecule has 0 unspecified atom stereocenters. The van der Waals surface area contributed by atoms with Crippen LogP contribution in [0.15, 0.2) is 40.9 Å². The number of nitrogens with zero attached hydrogens (tertiary/aromatic N) is 5. The Balaban J connectivity index is 1.27. The minimum atomic E-state index is -0.457. The van der Waals surface area contributed by atoms with Gasteiger partial charge in [-0.1, -0.05) is 6.07 Å². The van der Waals surface area contributed by atoms with Gasteiger partial charge < -0.3 is 9.15 Å². The highest BCUT2D eigenvalue weighted by atomic mass is 32.1. The molecule has 1 saturated carbocycles. The fourth-order valence-electron chi connectivity index (χ4n) is 3.53. The van der Waals surface area contributed by atoms with Crippen molar-refractivity contribution in [2.24, 2.45) is 5.41 Å². The van der Waals surface area contributed by atoms with Crippen molar-refractivity contribution in [2.75, 3.05) is 7.11 Å². The highest BCUT2D eigenvalue weighted by Gasteiger charge is 2.44. The van der Waals surface area contributed by atoms with Gasteiger partial charge >= 0.3 is 0 Å². The minimum absolute atomic E-state index is 0.0427. The van der Waals surface area contributed by atoms with Crippen molar-refractivity contribution in [3.05, 3.63) is 53.3 Å². The Hall–Kier alpha value is -3.64. The highest BCUT2D eigenvalue weighted by Crippen LogP contribution is 2.48. The van der Waals surface area contributed by atoms with Gasteiger partial charge in [0.05, 0.1) is 53.5 Å². The molecular formula is C23H19N5O3S. The van der Waals surface area contributed by atoms with Crippen LogP contribution < -0.4 is 4.74 Å². The van der Waals surface area contributed by atoms with E-state index >= 15 is 0 Å². The number of fused-ring (bicyclic) bond motifs is 1. The first-order valence-corrected chi connectivity index (χ1v) is 11.0. The van der Waals surface area contributed by atoms with Gasteiger partial charge in [0.1, 0.15) is 16.5 Å². The second kappa shape index (κ2) is 8.13. The predicted octanol–water partition coefficient (Wildman–Crippen LogP) is 4.15. The molecule has 0 amide bonds. The first kappa shape index (κ1) is 20.3. The number of thiazole rings is 1. The fourth-order valence-corrected chi connectivity index (χ4v) is 4.52. The van der Waals surface area contributed by atoms with Crippen molar-refractivity contribution in [1.82, 2.24) is 20.2 Å². The van der Waals surface area contributed by atoms with E-state index in [0.29, 0.717) is 18.1 Å². The average Bonchev–Trinajstić information content (AvgIpc) is 3.24. The summed E-state index contributed by atoms with van der Waals surface area (Å²) in [6.45, 7) is 0. The second-order valence-electron chi connectivity index (χ2n) is 7.92. The Labute approximate surface area is 187 Å². The molecule has 5 rings (SSSR count). The number of hydrogen-bond donors (Lipinski definition) is 0.